The number of nitrogens with zero attached hydrogens (tertiary/aromatic N) is 2. The first kappa shape index (κ1) is 6.34. The Morgan fingerprint density at radius 2 is 2.18 bits per heavy atom. The van der Waals surface area contributed by atoms with E-state index in [0.717, 1.165) is 22.4 Å². The molecule has 56 valence electrons. The lowest BCUT2D eigenvalue weighted by atomic mass is 10.3. The molecule has 0 aliphatic heterocycles. The SMILES string of the molecule is Cc1cc2[nH]cnc2c(C)n1. The van der Waals surface area contributed by atoms with Crippen LogP contribution in [0.3, 0.4) is 0 Å². The molecule has 0 bridgehead atoms. The second-order valence-electron chi connectivity index (χ2n) is 2.65. The summed E-state index contributed by atoms with van der Waals surface area (Å²) in [4.78, 5) is 11.5. The topological polar surface area (TPSA) is 41.6 Å². The van der Waals surface area contributed by atoms with Crippen molar-refractivity contribution in [2.24, 2.45) is 0 Å². The minimum Gasteiger partial charge on any atom is -0.344 e. The van der Waals surface area contributed by atoms with Gasteiger partial charge >= 0.3 is 0 Å². The van der Waals surface area contributed by atoms with E-state index in [2.05, 4.69) is 15.0 Å². The molecule has 0 spiro atoms. The second kappa shape index (κ2) is 2.05. The summed E-state index contributed by atoms with van der Waals surface area (Å²) >= 11 is 0. The highest BCUT2D eigenvalue weighted by Gasteiger charge is 2.00. The summed E-state index contributed by atoms with van der Waals surface area (Å²) < 4.78 is 0. The summed E-state index contributed by atoms with van der Waals surface area (Å²) in [6.07, 6.45) is 1.69. The van der Waals surface area contributed by atoms with Gasteiger partial charge in [-0.15, -0.1) is 0 Å². The lowest BCUT2D eigenvalue weighted by Crippen LogP contribution is -1.86. The highest BCUT2D eigenvalue weighted by molar-refractivity contribution is 5.76. The van der Waals surface area contributed by atoms with E-state index in [9.17, 15) is 0 Å². The summed E-state index contributed by atoms with van der Waals surface area (Å²) in [5.74, 6) is 0. The predicted octanol–water partition coefficient (Wildman–Crippen LogP) is 1.57. The number of aromatic amines is 1. The van der Waals surface area contributed by atoms with Gasteiger partial charge in [-0.2, -0.15) is 0 Å². The highest BCUT2D eigenvalue weighted by atomic mass is 14.9. The van der Waals surface area contributed by atoms with Crippen molar-refractivity contribution in [3.8, 4) is 0 Å². The fraction of sp³-hybridized carbons (Fsp3) is 0.250. The van der Waals surface area contributed by atoms with Gasteiger partial charge in [-0.25, -0.2) is 4.98 Å². The van der Waals surface area contributed by atoms with Crippen LogP contribution in [-0.2, 0) is 0 Å². The average molecular weight is 147 g/mol. The maximum atomic E-state index is 4.29. The number of fused-ring (bicyclic) bond motifs is 1. The first-order chi connectivity index (χ1) is 5.27. The van der Waals surface area contributed by atoms with Crippen LogP contribution in [0.5, 0.6) is 0 Å². The Kier molecular flexibility index (Phi) is 1.18. The molecule has 0 aliphatic rings. The van der Waals surface area contributed by atoms with E-state index in [-0.39, 0.29) is 0 Å². The van der Waals surface area contributed by atoms with Gasteiger partial charge in [-0.1, -0.05) is 0 Å². The normalized spacial score (nSPS) is 10.7. The second-order valence-corrected chi connectivity index (χ2v) is 2.65. The van der Waals surface area contributed by atoms with Crippen LogP contribution in [0, 0.1) is 13.8 Å². The van der Waals surface area contributed by atoms with Crippen molar-refractivity contribution in [1.82, 2.24) is 15.0 Å². The van der Waals surface area contributed by atoms with Crippen molar-refractivity contribution in [2.45, 2.75) is 13.8 Å². The van der Waals surface area contributed by atoms with Crippen LogP contribution in [0.1, 0.15) is 11.4 Å². The summed E-state index contributed by atoms with van der Waals surface area (Å²) in [7, 11) is 0. The number of hydrogen-bond donors (Lipinski definition) is 1. The lowest BCUT2D eigenvalue weighted by Gasteiger charge is -1.95. The third-order valence-corrected chi connectivity index (χ3v) is 1.71. The number of nitrogens with one attached hydrogen (secondary N) is 1. The van der Waals surface area contributed by atoms with Crippen LogP contribution in [0.15, 0.2) is 12.4 Å². The van der Waals surface area contributed by atoms with Crippen LogP contribution in [0.2, 0.25) is 0 Å². The van der Waals surface area contributed by atoms with Gasteiger partial charge in [0.2, 0.25) is 0 Å². The van der Waals surface area contributed by atoms with E-state index < -0.39 is 0 Å². The van der Waals surface area contributed by atoms with Crippen molar-refractivity contribution in [1.29, 1.82) is 0 Å². The minimum absolute atomic E-state index is 0.968. The highest BCUT2D eigenvalue weighted by Crippen LogP contribution is 2.12. The van der Waals surface area contributed by atoms with Gasteiger partial charge in [-0.05, 0) is 19.9 Å². The maximum absolute atomic E-state index is 4.29. The quantitative estimate of drug-likeness (QED) is 0.614. The van der Waals surface area contributed by atoms with Gasteiger partial charge in [0.25, 0.3) is 0 Å². The van der Waals surface area contributed by atoms with Crippen LogP contribution in [0.4, 0.5) is 0 Å². The molecule has 3 heteroatoms. The van der Waals surface area contributed by atoms with Gasteiger partial charge in [0.15, 0.2) is 0 Å². The maximum Gasteiger partial charge on any atom is 0.109 e. The predicted molar refractivity (Wildman–Crippen MR) is 43.4 cm³/mol. The van der Waals surface area contributed by atoms with Crippen LogP contribution in [0.25, 0.3) is 11.0 Å². The van der Waals surface area contributed by atoms with Gasteiger partial charge in [0, 0.05) is 5.69 Å². The Bertz CT molecular complexity index is 389. The van der Waals surface area contributed by atoms with Gasteiger partial charge in [-0.3, -0.25) is 4.98 Å². The number of pyridine rings is 1. The molecule has 0 aliphatic carbocycles. The molecule has 0 fully saturated rings. The van der Waals surface area contributed by atoms with Crippen LogP contribution in [-0.4, -0.2) is 15.0 Å². The molecular formula is C8H9N3. The molecule has 0 radical (unpaired) electrons. The van der Waals surface area contributed by atoms with E-state index in [1.165, 1.54) is 0 Å². The molecule has 2 aromatic rings. The lowest BCUT2D eigenvalue weighted by molar-refractivity contribution is 1.14. The standard InChI is InChI=1S/C8H9N3/c1-5-3-7-8(6(2)11-5)10-4-9-7/h3-4H,1-2H3,(H,9,10). The Hall–Kier alpha value is -1.38. The zero-order chi connectivity index (χ0) is 7.84. The summed E-state index contributed by atoms with van der Waals surface area (Å²) in [6, 6.07) is 2.00. The van der Waals surface area contributed by atoms with Crippen molar-refractivity contribution < 1.29 is 0 Å². The third kappa shape index (κ3) is 0.888. The van der Waals surface area contributed by atoms with Crippen molar-refractivity contribution >= 4 is 11.0 Å². The van der Waals surface area contributed by atoms with Crippen LogP contribution < -0.4 is 0 Å². The Labute approximate surface area is 64.5 Å². The van der Waals surface area contributed by atoms with E-state index in [0.29, 0.717) is 0 Å². The fourth-order valence-electron chi connectivity index (χ4n) is 1.26. The van der Waals surface area contributed by atoms with Crippen molar-refractivity contribution in [3.05, 3.63) is 23.8 Å². The Balaban J connectivity index is 2.91. The number of aromatic nitrogens is 3. The smallest absolute Gasteiger partial charge is 0.109 e. The van der Waals surface area contributed by atoms with Crippen molar-refractivity contribution in [2.75, 3.05) is 0 Å². The van der Waals surface area contributed by atoms with E-state index >= 15 is 0 Å². The van der Waals surface area contributed by atoms with E-state index in [4.69, 9.17) is 0 Å². The largest absolute Gasteiger partial charge is 0.344 e. The zero-order valence-electron chi connectivity index (χ0n) is 6.55. The number of aryl methyl sites for hydroxylation is 2. The third-order valence-electron chi connectivity index (χ3n) is 1.71. The molecule has 2 heterocycles. The fourth-order valence-corrected chi connectivity index (χ4v) is 1.26. The Morgan fingerprint density at radius 3 is 3.00 bits per heavy atom. The molecule has 0 saturated heterocycles. The number of H-pyrrole nitrogens is 1. The Morgan fingerprint density at radius 1 is 1.36 bits per heavy atom. The monoisotopic (exact) mass is 147 g/mol. The number of imidazole rings is 1. The molecule has 0 saturated carbocycles. The summed E-state index contributed by atoms with van der Waals surface area (Å²) in [6.45, 7) is 3.95. The molecule has 1 N–H and O–H groups in total. The molecule has 2 aromatic heterocycles. The molecule has 0 aromatic carbocycles. The van der Waals surface area contributed by atoms with Crippen LogP contribution >= 0.6 is 0 Å². The molecule has 0 atom stereocenters. The number of hydrogen-bond acceptors (Lipinski definition) is 2. The minimum atomic E-state index is 0.968. The molecule has 11 heavy (non-hydrogen) atoms. The molecule has 0 unspecified atom stereocenters. The molecule has 0 amide bonds. The van der Waals surface area contributed by atoms with Gasteiger partial charge in [0.05, 0.1) is 17.5 Å². The summed E-state index contributed by atoms with van der Waals surface area (Å²) in [5, 5.41) is 0. The van der Waals surface area contributed by atoms with E-state index in [1.54, 1.807) is 6.33 Å². The zero-order valence-corrected chi connectivity index (χ0v) is 6.55. The van der Waals surface area contributed by atoms with E-state index in [1.807, 2.05) is 19.9 Å². The average Bonchev–Trinajstić information content (AvgIpc) is 2.34. The number of rotatable bonds is 0. The van der Waals surface area contributed by atoms with Crippen molar-refractivity contribution in [3.63, 3.8) is 0 Å². The first-order valence-electron chi connectivity index (χ1n) is 3.55. The first-order valence-corrected chi connectivity index (χ1v) is 3.55. The molecular weight excluding hydrogens is 138 g/mol. The molecule has 2 rings (SSSR count). The molecule has 3 nitrogen and oxygen atoms in total. The van der Waals surface area contributed by atoms with Gasteiger partial charge in [0.1, 0.15) is 5.52 Å². The summed E-state index contributed by atoms with van der Waals surface area (Å²) in [5.41, 5.74) is 4.05. The van der Waals surface area contributed by atoms with Gasteiger partial charge < -0.3 is 4.98 Å².